The Morgan fingerprint density at radius 2 is 2.05 bits per heavy atom. The van der Waals surface area contributed by atoms with E-state index in [4.69, 9.17) is 4.74 Å². The lowest BCUT2D eigenvalue weighted by Gasteiger charge is -2.25. The standard InChI is InChI=1S/C16H25NO3S/c1-14-8-3-4-9-15(14)16-10-7-11-17(16)21(18,19)13-6-5-12-20-2/h3-4,8-9,16H,5-7,10-13H2,1-2H3. The molecule has 0 aliphatic carbocycles. The van der Waals surface area contributed by atoms with E-state index in [2.05, 4.69) is 19.1 Å². The predicted octanol–water partition coefficient (Wildman–Crippen LogP) is 2.89. The fourth-order valence-corrected chi connectivity index (χ4v) is 4.81. The van der Waals surface area contributed by atoms with Crippen molar-refractivity contribution in [2.24, 2.45) is 0 Å². The molecule has 4 nitrogen and oxygen atoms in total. The van der Waals surface area contributed by atoms with Crippen LogP contribution in [0.15, 0.2) is 24.3 Å². The summed E-state index contributed by atoms with van der Waals surface area (Å²) < 4.78 is 31.8. The summed E-state index contributed by atoms with van der Waals surface area (Å²) in [5.41, 5.74) is 2.32. The molecule has 0 aromatic heterocycles. The van der Waals surface area contributed by atoms with Gasteiger partial charge >= 0.3 is 0 Å². The first-order valence-electron chi connectivity index (χ1n) is 7.60. The van der Waals surface area contributed by atoms with Crippen LogP contribution >= 0.6 is 0 Å². The average molecular weight is 311 g/mol. The van der Waals surface area contributed by atoms with Crippen molar-refractivity contribution in [2.45, 2.75) is 38.6 Å². The van der Waals surface area contributed by atoms with Crippen LogP contribution < -0.4 is 0 Å². The number of sulfonamides is 1. The van der Waals surface area contributed by atoms with E-state index in [0.717, 1.165) is 24.8 Å². The third-order valence-corrected chi connectivity index (χ3v) is 6.07. The van der Waals surface area contributed by atoms with E-state index in [1.807, 2.05) is 12.1 Å². The smallest absolute Gasteiger partial charge is 0.214 e. The molecule has 1 heterocycles. The normalized spacial score (nSPS) is 20.0. The number of nitrogens with zero attached hydrogens (tertiary/aromatic N) is 1. The van der Waals surface area contributed by atoms with Crippen LogP contribution in [-0.2, 0) is 14.8 Å². The number of unbranched alkanes of at least 4 members (excludes halogenated alkanes) is 1. The molecule has 1 aromatic carbocycles. The SMILES string of the molecule is COCCCCS(=O)(=O)N1CCCC1c1ccccc1C. The van der Waals surface area contributed by atoms with Gasteiger partial charge in [0.05, 0.1) is 5.75 Å². The maximum Gasteiger partial charge on any atom is 0.214 e. The summed E-state index contributed by atoms with van der Waals surface area (Å²) in [6, 6.07) is 8.11. The summed E-state index contributed by atoms with van der Waals surface area (Å²) in [6.07, 6.45) is 3.31. The highest BCUT2D eigenvalue weighted by Crippen LogP contribution is 2.35. The third-order valence-electron chi connectivity index (χ3n) is 4.11. The minimum absolute atomic E-state index is 0.0126. The fourth-order valence-electron chi connectivity index (χ4n) is 2.99. The minimum atomic E-state index is -3.18. The van der Waals surface area contributed by atoms with Crippen LogP contribution in [0, 0.1) is 6.92 Å². The van der Waals surface area contributed by atoms with Crippen LogP contribution in [0.25, 0.3) is 0 Å². The number of benzene rings is 1. The maximum absolute atomic E-state index is 12.6. The molecule has 1 unspecified atom stereocenters. The highest BCUT2D eigenvalue weighted by molar-refractivity contribution is 7.89. The van der Waals surface area contributed by atoms with E-state index in [0.29, 0.717) is 19.6 Å². The Bertz CT molecular complexity index is 556. The van der Waals surface area contributed by atoms with Crippen molar-refractivity contribution < 1.29 is 13.2 Å². The molecule has 2 rings (SSSR count). The second-order valence-corrected chi connectivity index (χ2v) is 7.68. The van der Waals surface area contributed by atoms with Gasteiger partial charge in [0.15, 0.2) is 0 Å². The monoisotopic (exact) mass is 311 g/mol. The number of hydrogen-bond donors (Lipinski definition) is 0. The van der Waals surface area contributed by atoms with E-state index in [9.17, 15) is 8.42 Å². The van der Waals surface area contributed by atoms with Crippen LogP contribution in [0.2, 0.25) is 0 Å². The quantitative estimate of drug-likeness (QED) is 0.727. The Labute approximate surface area is 128 Å². The average Bonchev–Trinajstić information content (AvgIpc) is 2.94. The minimum Gasteiger partial charge on any atom is -0.385 e. The lowest BCUT2D eigenvalue weighted by Crippen LogP contribution is -2.33. The van der Waals surface area contributed by atoms with Crippen molar-refractivity contribution in [2.75, 3.05) is 26.0 Å². The number of hydrogen-bond acceptors (Lipinski definition) is 3. The van der Waals surface area contributed by atoms with Gasteiger partial charge < -0.3 is 4.74 Å². The molecular weight excluding hydrogens is 286 g/mol. The van der Waals surface area contributed by atoms with Crippen molar-refractivity contribution in [1.29, 1.82) is 0 Å². The van der Waals surface area contributed by atoms with Crippen LogP contribution in [0.4, 0.5) is 0 Å². The molecular formula is C16H25NO3S. The van der Waals surface area contributed by atoms with E-state index >= 15 is 0 Å². The maximum atomic E-state index is 12.6. The third kappa shape index (κ3) is 4.05. The Morgan fingerprint density at radius 3 is 2.76 bits per heavy atom. The summed E-state index contributed by atoms with van der Waals surface area (Å²) in [5, 5.41) is 0. The van der Waals surface area contributed by atoms with Crippen molar-refractivity contribution in [3.8, 4) is 0 Å². The van der Waals surface area contributed by atoms with Gasteiger partial charge in [-0.05, 0) is 43.7 Å². The summed E-state index contributed by atoms with van der Waals surface area (Å²) in [4.78, 5) is 0. The molecule has 0 N–H and O–H groups in total. The van der Waals surface area contributed by atoms with Crippen LogP contribution in [0.3, 0.4) is 0 Å². The lowest BCUT2D eigenvalue weighted by atomic mass is 10.0. The summed E-state index contributed by atoms with van der Waals surface area (Å²) in [6.45, 7) is 3.32. The first-order chi connectivity index (χ1) is 10.1. The highest BCUT2D eigenvalue weighted by atomic mass is 32.2. The largest absolute Gasteiger partial charge is 0.385 e. The van der Waals surface area contributed by atoms with Gasteiger partial charge in [0.1, 0.15) is 0 Å². The Kier molecular flexibility index (Phi) is 5.79. The topological polar surface area (TPSA) is 46.6 Å². The van der Waals surface area contributed by atoms with Crippen molar-refractivity contribution in [3.63, 3.8) is 0 Å². The molecule has 1 aliphatic rings. The second-order valence-electron chi connectivity index (χ2n) is 5.64. The Hall–Kier alpha value is -0.910. The highest BCUT2D eigenvalue weighted by Gasteiger charge is 2.35. The lowest BCUT2D eigenvalue weighted by molar-refractivity contribution is 0.194. The van der Waals surface area contributed by atoms with E-state index in [1.165, 1.54) is 5.56 Å². The van der Waals surface area contributed by atoms with Gasteiger partial charge in [-0.25, -0.2) is 8.42 Å². The number of rotatable bonds is 7. The fraction of sp³-hybridized carbons (Fsp3) is 0.625. The van der Waals surface area contributed by atoms with Gasteiger partial charge in [-0.15, -0.1) is 0 Å². The first kappa shape index (κ1) is 16.5. The molecule has 0 bridgehead atoms. The Morgan fingerprint density at radius 1 is 1.29 bits per heavy atom. The van der Waals surface area contributed by atoms with E-state index in [1.54, 1.807) is 11.4 Å². The van der Waals surface area contributed by atoms with Gasteiger partial charge in [0.25, 0.3) is 0 Å². The number of aryl methyl sites for hydroxylation is 1. The van der Waals surface area contributed by atoms with Gasteiger partial charge in [0, 0.05) is 26.3 Å². The first-order valence-corrected chi connectivity index (χ1v) is 9.21. The zero-order valence-electron chi connectivity index (χ0n) is 12.9. The molecule has 1 atom stereocenters. The van der Waals surface area contributed by atoms with Gasteiger partial charge in [-0.2, -0.15) is 4.31 Å². The van der Waals surface area contributed by atoms with Gasteiger partial charge in [-0.1, -0.05) is 24.3 Å². The molecule has 0 amide bonds. The second kappa shape index (κ2) is 7.38. The molecule has 0 saturated carbocycles. The molecule has 1 saturated heterocycles. The summed E-state index contributed by atoms with van der Waals surface area (Å²) in [7, 11) is -1.53. The zero-order chi connectivity index (χ0) is 15.3. The van der Waals surface area contributed by atoms with Crippen LogP contribution in [-0.4, -0.2) is 38.7 Å². The zero-order valence-corrected chi connectivity index (χ0v) is 13.7. The van der Waals surface area contributed by atoms with Crippen molar-refractivity contribution in [1.82, 2.24) is 4.31 Å². The van der Waals surface area contributed by atoms with Gasteiger partial charge in [0.2, 0.25) is 10.0 Å². The molecule has 5 heteroatoms. The molecule has 1 aliphatic heterocycles. The summed E-state index contributed by atoms with van der Waals surface area (Å²) >= 11 is 0. The number of ether oxygens (including phenoxy) is 1. The van der Waals surface area contributed by atoms with Crippen molar-refractivity contribution in [3.05, 3.63) is 35.4 Å². The van der Waals surface area contributed by atoms with Crippen LogP contribution in [0.5, 0.6) is 0 Å². The molecule has 0 spiro atoms. The van der Waals surface area contributed by atoms with E-state index < -0.39 is 10.0 Å². The molecule has 21 heavy (non-hydrogen) atoms. The van der Waals surface area contributed by atoms with Crippen LogP contribution in [0.1, 0.15) is 42.9 Å². The molecule has 1 aromatic rings. The summed E-state index contributed by atoms with van der Waals surface area (Å²) in [5.74, 6) is 0.221. The van der Waals surface area contributed by atoms with Gasteiger partial charge in [-0.3, -0.25) is 0 Å². The molecule has 118 valence electrons. The molecule has 1 fully saturated rings. The van der Waals surface area contributed by atoms with Crippen molar-refractivity contribution >= 4 is 10.0 Å². The molecule has 0 radical (unpaired) electrons. The van der Waals surface area contributed by atoms with E-state index in [-0.39, 0.29) is 11.8 Å². The Balaban J connectivity index is 2.09. The number of methoxy groups -OCH3 is 1. The predicted molar refractivity (Wildman–Crippen MR) is 84.8 cm³/mol.